The van der Waals surface area contributed by atoms with Gasteiger partial charge in [0.15, 0.2) is 0 Å². The molecule has 1 saturated heterocycles. The highest BCUT2D eigenvalue weighted by atomic mass is 79.9. The van der Waals surface area contributed by atoms with Crippen molar-refractivity contribution in [2.45, 2.75) is 25.3 Å². The molecule has 1 fully saturated rings. The summed E-state index contributed by atoms with van der Waals surface area (Å²) < 4.78 is 12.1. The fourth-order valence-electron chi connectivity index (χ4n) is 2.56. The van der Waals surface area contributed by atoms with Crippen molar-refractivity contribution < 1.29 is 9.47 Å². The van der Waals surface area contributed by atoms with Gasteiger partial charge in [0, 0.05) is 36.4 Å². The lowest BCUT2D eigenvalue weighted by molar-refractivity contribution is 0.0322. The summed E-state index contributed by atoms with van der Waals surface area (Å²) in [4.78, 5) is 0. The molecule has 4 heteroatoms. The van der Waals surface area contributed by atoms with Crippen LogP contribution in [0.2, 0.25) is 0 Å². The quantitative estimate of drug-likeness (QED) is 0.814. The Kier molecular flexibility index (Phi) is 5.82. The molecule has 0 saturated carbocycles. The predicted molar refractivity (Wildman–Crippen MR) is 80.4 cm³/mol. The third-order valence-electron chi connectivity index (χ3n) is 3.66. The minimum Gasteiger partial charge on any atom is -0.381 e. The Morgan fingerprint density at radius 3 is 2.58 bits per heavy atom. The summed E-state index contributed by atoms with van der Waals surface area (Å²) >= 11 is 3.50. The number of ether oxygens (including phenoxy) is 2. The van der Waals surface area contributed by atoms with Crippen molar-refractivity contribution in [3.05, 3.63) is 34.3 Å². The van der Waals surface area contributed by atoms with Crippen molar-refractivity contribution in [3.63, 3.8) is 0 Å². The lowest BCUT2D eigenvalue weighted by Crippen LogP contribution is -2.47. The molecule has 0 unspecified atom stereocenters. The van der Waals surface area contributed by atoms with Crippen LogP contribution in [-0.4, -0.2) is 33.0 Å². The minimum absolute atomic E-state index is 0.0377. The molecule has 1 aromatic rings. The molecule has 1 aliphatic heterocycles. The maximum absolute atomic E-state index is 5.52. The average Bonchev–Trinajstić information content (AvgIpc) is 2.45. The number of hydrogen-bond acceptors (Lipinski definition) is 3. The van der Waals surface area contributed by atoms with Crippen molar-refractivity contribution in [1.29, 1.82) is 0 Å². The van der Waals surface area contributed by atoms with E-state index in [1.165, 1.54) is 5.56 Å². The number of halogens is 1. The Morgan fingerprint density at radius 1 is 1.26 bits per heavy atom. The number of rotatable bonds is 6. The molecular weight excluding hydrogens is 306 g/mol. The highest BCUT2D eigenvalue weighted by Gasteiger charge is 2.33. The Hall–Kier alpha value is -0.420. The van der Waals surface area contributed by atoms with Crippen molar-refractivity contribution in [1.82, 2.24) is 5.32 Å². The van der Waals surface area contributed by atoms with E-state index in [0.717, 1.165) is 50.3 Å². The van der Waals surface area contributed by atoms with E-state index in [2.05, 4.69) is 45.5 Å². The third-order valence-corrected chi connectivity index (χ3v) is 4.19. The fourth-order valence-corrected chi connectivity index (χ4v) is 2.83. The molecule has 0 aromatic heterocycles. The van der Waals surface area contributed by atoms with Gasteiger partial charge in [0.25, 0.3) is 0 Å². The van der Waals surface area contributed by atoms with E-state index in [9.17, 15) is 0 Å². The molecule has 0 radical (unpaired) electrons. The molecule has 2 rings (SSSR count). The van der Waals surface area contributed by atoms with Crippen LogP contribution in [0.15, 0.2) is 28.7 Å². The van der Waals surface area contributed by atoms with Crippen LogP contribution in [0, 0.1) is 0 Å². The highest BCUT2D eigenvalue weighted by molar-refractivity contribution is 9.10. The number of benzene rings is 1. The summed E-state index contributed by atoms with van der Waals surface area (Å²) in [5.74, 6) is 0. The Labute approximate surface area is 123 Å². The van der Waals surface area contributed by atoms with Crippen LogP contribution >= 0.6 is 15.9 Å². The molecule has 19 heavy (non-hydrogen) atoms. The molecule has 0 amide bonds. The Bertz CT molecular complexity index is 374. The maximum atomic E-state index is 5.52. The molecule has 1 aliphatic rings. The van der Waals surface area contributed by atoms with Gasteiger partial charge in [-0.2, -0.15) is 0 Å². The van der Waals surface area contributed by atoms with Crippen LogP contribution in [-0.2, 0) is 15.0 Å². The second-order valence-electron chi connectivity index (χ2n) is 4.83. The molecular formula is C15H22BrNO2. The van der Waals surface area contributed by atoms with Gasteiger partial charge in [-0.3, -0.25) is 0 Å². The van der Waals surface area contributed by atoms with E-state index in [1.54, 1.807) is 0 Å². The molecule has 0 bridgehead atoms. The molecule has 3 nitrogen and oxygen atoms in total. The summed E-state index contributed by atoms with van der Waals surface area (Å²) in [6, 6.07) is 8.61. The van der Waals surface area contributed by atoms with Gasteiger partial charge in [0.1, 0.15) is 0 Å². The second-order valence-corrected chi connectivity index (χ2v) is 5.74. The number of hydrogen-bond donors (Lipinski definition) is 1. The van der Waals surface area contributed by atoms with Crippen molar-refractivity contribution >= 4 is 15.9 Å². The zero-order chi connectivity index (χ0) is 13.6. The van der Waals surface area contributed by atoms with Crippen molar-refractivity contribution in [3.8, 4) is 0 Å². The van der Waals surface area contributed by atoms with E-state index in [1.807, 2.05) is 6.92 Å². The van der Waals surface area contributed by atoms with Crippen LogP contribution < -0.4 is 5.32 Å². The van der Waals surface area contributed by atoms with E-state index < -0.39 is 0 Å². The van der Waals surface area contributed by atoms with Gasteiger partial charge < -0.3 is 14.8 Å². The van der Waals surface area contributed by atoms with Crippen LogP contribution in [0.1, 0.15) is 25.3 Å². The zero-order valence-corrected chi connectivity index (χ0v) is 13.0. The largest absolute Gasteiger partial charge is 0.381 e. The Balaban J connectivity index is 2.07. The molecule has 106 valence electrons. The standard InChI is InChI=1S/C15H22BrNO2/c1-2-18-12-9-17-15(7-10-19-11-8-15)13-3-5-14(16)6-4-13/h3-6,17H,2,7-12H2,1H3. The van der Waals surface area contributed by atoms with Crippen molar-refractivity contribution in [2.75, 3.05) is 33.0 Å². The molecule has 0 aliphatic carbocycles. The highest BCUT2D eigenvalue weighted by Crippen LogP contribution is 2.32. The SMILES string of the molecule is CCOCCNC1(c2ccc(Br)cc2)CCOCC1. The van der Waals surface area contributed by atoms with E-state index in [0.29, 0.717) is 0 Å². The second kappa shape index (κ2) is 7.39. The first-order valence-corrected chi connectivity index (χ1v) is 7.73. The summed E-state index contributed by atoms with van der Waals surface area (Å²) in [7, 11) is 0. The van der Waals surface area contributed by atoms with Gasteiger partial charge in [-0.05, 0) is 37.5 Å². The first kappa shape index (κ1) is 15.0. The van der Waals surface area contributed by atoms with Gasteiger partial charge in [0.05, 0.1) is 6.61 Å². The fraction of sp³-hybridized carbons (Fsp3) is 0.600. The summed E-state index contributed by atoms with van der Waals surface area (Å²) in [6.07, 6.45) is 2.03. The average molecular weight is 328 g/mol. The van der Waals surface area contributed by atoms with Gasteiger partial charge in [-0.1, -0.05) is 28.1 Å². The smallest absolute Gasteiger partial charge is 0.0591 e. The van der Waals surface area contributed by atoms with Crippen LogP contribution in [0.25, 0.3) is 0 Å². The molecule has 1 aromatic carbocycles. The maximum Gasteiger partial charge on any atom is 0.0591 e. The van der Waals surface area contributed by atoms with Gasteiger partial charge in [-0.15, -0.1) is 0 Å². The lowest BCUT2D eigenvalue weighted by atomic mass is 9.82. The monoisotopic (exact) mass is 327 g/mol. The molecule has 0 spiro atoms. The number of nitrogens with one attached hydrogen (secondary N) is 1. The predicted octanol–water partition coefficient (Wildman–Crippen LogP) is 3.08. The van der Waals surface area contributed by atoms with E-state index in [-0.39, 0.29) is 5.54 Å². The van der Waals surface area contributed by atoms with Crippen molar-refractivity contribution in [2.24, 2.45) is 0 Å². The molecule has 0 atom stereocenters. The topological polar surface area (TPSA) is 30.5 Å². The lowest BCUT2D eigenvalue weighted by Gasteiger charge is -2.39. The van der Waals surface area contributed by atoms with Gasteiger partial charge in [0.2, 0.25) is 0 Å². The van der Waals surface area contributed by atoms with Crippen LogP contribution in [0.5, 0.6) is 0 Å². The minimum atomic E-state index is 0.0377. The van der Waals surface area contributed by atoms with E-state index >= 15 is 0 Å². The molecule has 1 N–H and O–H groups in total. The normalized spacial score (nSPS) is 18.4. The first-order valence-electron chi connectivity index (χ1n) is 6.93. The third kappa shape index (κ3) is 4.02. The first-order chi connectivity index (χ1) is 9.27. The van der Waals surface area contributed by atoms with E-state index in [4.69, 9.17) is 9.47 Å². The summed E-state index contributed by atoms with van der Waals surface area (Å²) in [5, 5.41) is 3.69. The molecule has 1 heterocycles. The summed E-state index contributed by atoms with van der Waals surface area (Å²) in [6.45, 7) is 6.07. The zero-order valence-electron chi connectivity index (χ0n) is 11.5. The van der Waals surface area contributed by atoms with Gasteiger partial charge >= 0.3 is 0 Å². The van der Waals surface area contributed by atoms with Gasteiger partial charge in [-0.25, -0.2) is 0 Å². The van der Waals surface area contributed by atoms with Crippen LogP contribution in [0.4, 0.5) is 0 Å². The summed E-state index contributed by atoms with van der Waals surface area (Å²) in [5.41, 5.74) is 1.38. The Morgan fingerprint density at radius 2 is 1.95 bits per heavy atom. The van der Waals surface area contributed by atoms with Crippen LogP contribution in [0.3, 0.4) is 0 Å².